The fraction of sp³-hybridized carbons (Fsp3) is 0.297. The third-order valence-electron chi connectivity index (χ3n) is 7.49. The number of carbonyl (C=O) groups is 4. The molecule has 228 valence electrons. The number of amides is 1. The molecule has 1 amide bonds. The highest BCUT2D eigenvalue weighted by molar-refractivity contribution is 6.12. The first kappa shape index (κ1) is 32.3. The summed E-state index contributed by atoms with van der Waals surface area (Å²) < 4.78 is 16.0. The number of ketones is 3. The number of aromatic nitrogens is 1. The van der Waals surface area contributed by atoms with Gasteiger partial charge >= 0.3 is 0 Å². The number of benzene rings is 3. The van der Waals surface area contributed by atoms with Crippen LogP contribution in [0.1, 0.15) is 75.9 Å². The molecule has 1 aromatic heterocycles. The van der Waals surface area contributed by atoms with Crippen LogP contribution in [0.4, 0.5) is 10.1 Å². The molecule has 0 saturated carbocycles. The summed E-state index contributed by atoms with van der Waals surface area (Å²) in [5, 5.41) is 3.03. The zero-order valence-corrected chi connectivity index (χ0v) is 25.9. The second kappa shape index (κ2) is 13.8. The fourth-order valence-electron chi connectivity index (χ4n) is 5.26. The molecule has 6 nitrogen and oxygen atoms in total. The average Bonchev–Trinajstić information content (AvgIpc) is 3.32. The minimum atomic E-state index is -0.662. The highest BCUT2D eigenvalue weighted by atomic mass is 19.1. The lowest BCUT2D eigenvalue weighted by atomic mass is 9.87. The van der Waals surface area contributed by atoms with Crippen molar-refractivity contribution < 1.29 is 23.6 Å². The Morgan fingerprint density at radius 1 is 0.773 bits per heavy atom. The van der Waals surface area contributed by atoms with Crippen LogP contribution in [0, 0.1) is 11.2 Å². The molecule has 0 unspecified atom stereocenters. The number of rotatable bonds is 12. The largest absolute Gasteiger partial charge is 0.343 e. The van der Waals surface area contributed by atoms with Gasteiger partial charge in [0, 0.05) is 35.3 Å². The van der Waals surface area contributed by atoms with Crippen molar-refractivity contribution in [1.29, 1.82) is 0 Å². The average molecular weight is 595 g/mol. The van der Waals surface area contributed by atoms with E-state index >= 15 is 0 Å². The lowest BCUT2D eigenvalue weighted by molar-refractivity contribution is -0.133. The van der Waals surface area contributed by atoms with Crippen LogP contribution < -0.4 is 5.32 Å². The molecule has 0 fully saturated rings. The van der Waals surface area contributed by atoms with Gasteiger partial charge in [0.05, 0.1) is 24.1 Å². The number of para-hydroxylation sites is 1. The molecule has 0 atom stereocenters. The molecule has 0 aliphatic rings. The molecule has 4 aromatic rings. The fourth-order valence-corrected chi connectivity index (χ4v) is 5.26. The number of halogens is 1. The molecule has 0 aliphatic carbocycles. The standard InChI is InChI=1S/C37H39FN2O4/c1-24(2)34-33(36(44)39-28-14-10-7-11-15-28)32(25-12-8-6-9-13-25)35(26-16-18-27(38)19-17-26)40(34)21-20-29(41)22-30(42)23-31(43)37(3,4)5/h6-19,24H,20-23H2,1-5H3,(H,39,44). The number of nitrogens with zero attached hydrogens (tertiary/aromatic N) is 1. The maximum absolute atomic E-state index is 14.1. The lowest BCUT2D eigenvalue weighted by Crippen LogP contribution is -2.24. The zero-order valence-electron chi connectivity index (χ0n) is 25.9. The van der Waals surface area contributed by atoms with Crippen molar-refractivity contribution in [2.24, 2.45) is 5.41 Å². The van der Waals surface area contributed by atoms with E-state index in [1.54, 1.807) is 32.9 Å². The van der Waals surface area contributed by atoms with Crippen LogP contribution in [0.25, 0.3) is 22.4 Å². The van der Waals surface area contributed by atoms with Gasteiger partial charge in [-0.3, -0.25) is 19.2 Å². The van der Waals surface area contributed by atoms with Crippen molar-refractivity contribution in [3.63, 3.8) is 0 Å². The highest BCUT2D eigenvalue weighted by Gasteiger charge is 2.31. The van der Waals surface area contributed by atoms with Crippen molar-refractivity contribution in [3.8, 4) is 22.4 Å². The van der Waals surface area contributed by atoms with E-state index in [0.717, 1.165) is 11.3 Å². The van der Waals surface area contributed by atoms with E-state index in [2.05, 4.69) is 5.32 Å². The first-order chi connectivity index (χ1) is 20.9. The number of nitrogens with one attached hydrogen (secondary N) is 1. The first-order valence-corrected chi connectivity index (χ1v) is 14.9. The van der Waals surface area contributed by atoms with Gasteiger partial charge in [0.1, 0.15) is 23.2 Å². The molecule has 0 saturated heterocycles. The van der Waals surface area contributed by atoms with Gasteiger partial charge in [0.2, 0.25) is 0 Å². The summed E-state index contributed by atoms with van der Waals surface area (Å²) in [7, 11) is 0. The normalized spacial score (nSPS) is 11.4. The highest BCUT2D eigenvalue weighted by Crippen LogP contribution is 2.42. The molecule has 4 rings (SSSR count). The third-order valence-corrected chi connectivity index (χ3v) is 7.49. The topological polar surface area (TPSA) is 85.2 Å². The van der Waals surface area contributed by atoms with E-state index in [1.165, 1.54) is 12.1 Å². The van der Waals surface area contributed by atoms with E-state index in [4.69, 9.17) is 0 Å². The summed E-state index contributed by atoms with van der Waals surface area (Å²) >= 11 is 0. The maximum atomic E-state index is 14.1. The summed E-state index contributed by atoms with van der Waals surface area (Å²) in [6, 6.07) is 24.8. The molecular weight excluding hydrogens is 555 g/mol. The Kier molecular flexibility index (Phi) is 10.1. The molecule has 3 aromatic carbocycles. The molecule has 0 spiro atoms. The Hall–Kier alpha value is -4.65. The third kappa shape index (κ3) is 7.64. The molecule has 0 aliphatic heterocycles. The van der Waals surface area contributed by atoms with Crippen molar-refractivity contribution in [1.82, 2.24) is 4.57 Å². The van der Waals surface area contributed by atoms with E-state index in [1.807, 2.05) is 79.1 Å². The van der Waals surface area contributed by atoms with E-state index in [0.29, 0.717) is 28.1 Å². The van der Waals surface area contributed by atoms with E-state index < -0.39 is 17.0 Å². The van der Waals surface area contributed by atoms with Gasteiger partial charge in [-0.05, 0) is 53.4 Å². The van der Waals surface area contributed by atoms with Gasteiger partial charge in [-0.15, -0.1) is 0 Å². The van der Waals surface area contributed by atoms with Crippen molar-refractivity contribution >= 4 is 28.9 Å². The monoisotopic (exact) mass is 594 g/mol. The van der Waals surface area contributed by atoms with Gasteiger partial charge in [0.25, 0.3) is 5.91 Å². The van der Waals surface area contributed by atoms with Gasteiger partial charge in [-0.25, -0.2) is 4.39 Å². The van der Waals surface area contributed by atoms with Crippen LogP contribution in [0.3, 0.4) is 0 Å². The molecule has 0 bridgehead atoms. The Bertz CT molecular complexity index is 1650. The van der Waals surface area contributed by atoms with Crippen molar-refractivity contribution in [3.05, 3.63) is 102 Å². The van der Waals surface area contributed by atoms with Crippen LogP contribution in [0.5, 0.6) is 0 Å². The zero-order chi connectivity index (χ0) is 32.0. The van der Waals surface area contributed by atoms with Crippen LogP contribution in [0.15, 0.2) is 84.9 Å². The summed E-state index contributed by atoms with van der Waals surface area (Å²) in [5.41, 5.74) is 4.00. The molecule has 7 heteroatoms. The van der Waals surface area contributed by atoms with Crippen LogP contribution in [-0.2, 0) is 20.9 Å². The van der Waals surface area contributed by atoms with Gasteiger partial charge in [-0.2, -0.15) is 0 Å². The molecule has 44 heavy (non-hydrogen) atoms. The maximum Gasteiger partial charge on any atom is 0.258 e. The Balaban J connectivity index is 1.83. The second-order valence-electron chi connectivity index (χ2n) is 12.3. The minimum Gasteiger partial charge on any atom is -0.343 e. The van der Waals surface area contributed by atoms with Gasteiger partial charge in [0.15, 0.2) is 0 Å². The predicted octanol–water partition coefficient (Wildman–Crippen LogP) is 8.26. The molecule has 1 heterocycles. The smallest absolute Gasteiger partial charge is 0.258 e. The molecular formula is C37H39FN2O4. The minimum absolute atomic E-state index is 0.0199. The van der Waals surface area contributed by atoms with Crippen LogP contribution in [-0.4, -0.2) is 27.8 Å². The number of carbonyl (C=O) groups excluding carboxylic acids is 4. The van der Waals surface area contributed by atoms with Crippen molar-refractivity contribution in [2.75, 3.05) is 5.32 Å². The Morgan fingerprint density at radius 3 is 1.93 bits per heavy atom. The van der Waals surface area contributed by atoms with E-state index in [9.17, 15) is 23.6 Å². The Morgan fingerprint density at radius 2 is 1.36 bits per heavy atom. The van der Waals surface area contributed by atoms with E-state index in [-0.39, 0.29) is 49.2 Å². The van der Waals surface area contributed by atoms with Crippen molar-refractivity contribution in [2.45, 2.75) is 66.3 Å². The quantitative estimate of drug-likeness (QED) is 0.167. The summed E-state index contributed by atoms with van der Waals surface area (Å²) in [5.74, 6) is -1.73. The lowest BCUT2D eigenvalue weighted by Gasteiger charge is -2.17. The Labute approximate surface area is 258 Å². The molecule has 1 N–H and O–H groups in total. The first-order valence-electron chi connectivity index (χ1n) is 14.9. The summed E-state index contributed by atoms with van der Waals surface area (Å²) in [6.07, 6.45) is -0.594. The van der Waals surface area contributed by atoms with Gasteiger partial charge in [-0.1, -0.05) is 83.1 Å². The predicted molar refractivity (Wildman–Crippen MR) is 172 cm³/mol. The number of hydrogen-bond acceptors (Lipinski definition) is 4. The number of anilines is 1. The summed E-state index contributed by atoms with van der Waals surface area (Å²) in [6.45, 7) is 9.40. The SMILES string of the molecule is CC(C)c1c(C(=O)Nc2ccccc2)c(-c2ccccc2)c(-c2ccc(F)cc2)n1CCC(=O)CC(=O)CC(=O)C(C)(C)C. The summed E-state index contributed by atoms with van der Waals surface area (Å²) in [4.78, 5) is 52.2. The second-order valence-corrected chi connectivity index (χ2v) is 12.3. The molecule has 0 radical (unpaired) electrons. The number of Topliss-reactive ketones (excluding diaryl/α,β-unsaturated/α-hetero) is 3. The van der Waals surface area contributed by atoms with Crippen LogP contribution >= 0.6 is 0 Å². The number of hydrogen-bond donors (Lipinski definition) is 1. The van der Waals surface area contributed by atoms with Gasteiger partial charge < -0.3 is 9.88 Å². The van der Waals surface area contributed by atoms with Crippen LogP contribution in [0.2, 0.25) is 0 Å².